The minimum Gasteiger partial charge on any atom is -0.507 e. The molecule has 0 fully saturated rings. The van der Waals surface area contributed by atoms with Crippen molar-refractivity contribution in [3.63, 3.8) is 0 Å². The third kappa shape index (κ3) is 6.12. The zero-order valence-electron chi connectivity index (χ0n) is 35.4. The lowest BCUT2D eigenvalue weighted by molar-refractivity contribution is 0.477. The van der Waals surface area contributed by atoms with Crippen LogP contribution in [0.5, 0.6) is 5.75 Å². The SMILES string of the molecule is [2H]C([2H])([2H])c1ccc(-c2ccnc(-c3cc(-c4cccc5c4nc(-c4cc6oc7ccccc7c6cc4O)n5-c4ccccc4-c4ccccc4)cc(C(C)(C)C)c3)c2)cc1. The van der Waals surface area contributed by atoms with Gasteiger partial charge in [0.15, 0.2) is 0 Å². The maximum atomic E-state index is 11.9. The minimum atomic E-state index is -2.17. The molecule has 7 aromatic carbocycles. The number of fused-ring (bicyclic) bond motifs is 4. The van der Waals surface area contributed by atoms with Gasteiger partial charge in [0.05, 0.1) is 28.0 Å². The van der Waals surface area contributed by atoms with E-state index in [9.17, 15) is 5.11 Å². The highest BCUT2D eigenvalue weighted by Gasteiger charge is 2.24. The third-order valence-electron chi connectivity index (χ3n) is 11.0. The Bertz CT molecular complexity index is 3280. The summed E-state index contributed by atoms with van der Waals surface area (Å²) in [5.74, 6) is 0.683. The molecule has 3 heterocycles. The highest BCUT2D eigenvalue weighted by Crippen LogP contribution is 2.43. The molecule has 0 unspecified atom stereocenters. The van der Waals surface area contributed by atoms with Crippen LogP contribution in [0.15, 0.2) is 174 Å². The van der Waals surface area contributed by atoms with Crippen LogP contribution >= 0.6 is 0 Å². The maximum absolute atomic E-state index is 11.9. The molecule has 10 rings (SSSR count). The quantitative estimate of drug-likeness (QED) is 0.184. The molecule has 0 aliphatic carbocycles. The number of phenols is 1. The molecule has 0 saturated carbocycles. The molecule has 58 heavy (non-hydrogen) atoms. The van der Waals surface area contributed by atoms with Crippen LogP contribution in [-0.4, -0.2) is 19.6 Å². The molecule has 0 aliphatic heterocycles. The number of furan rings is 1. The molecular weight excluding hydrogens is 711 g/mol. The van der Waals surface area contributed by atoms with E-state index in [1.165, 1.54) is 0 Å². The van der Waals surface area contributed by atoms with Crippen LogP contribution in [0, 0.1) is 6.85 Å². The summed E-state index contributed by atoms with van der Waals surface area (Å²) in [7, 11) is 0. The standard InChI is InChI=1S/C53H41N3O2/c1-33-21-23-34(24-22-33)36-25-26-54-45(30-36)38-27-37(28-39(29-38)53(2,3)4)41-17-12-19-47-51(41)55-52(56(47)46-18-10-8-15-40(46)35-13-6-5-7-14-35)44-32-50-43(31-48(44)57)42-16-9-11-20-49(42)58-50/h5-32,57H,1-4H3/i1D3. The van der Waals surface area contributed by atoms with Crippen LogP contribution < -0.4 is 0 Å². The maximum Gasteiger partial charge on any atom is 0.149 e. The monoisotopic (exact) mass is 754 g/mol. The fourth-order valence-corrected chi connectivity index (χ4v) is 8.02. The van der Waals surface area contributed by atoms with Gasteiger partial charge < -0.3 is 9.52 Å². The summed E-state index contributed by atoms with van der Waals surface area (Å²) in [4.78, 5) is 10.3. The normalized spacial score (nSPS) is 12.8. The van der Waals surface area contributed by atoms with Gasteiger partial charge in [0, 0.05) is 37.8 Å². The number of phenolic OH excluding ortho intramolecular Hbond substituents is 1. The Hall–Kier alpha value is -7.24. The Balaban J connectivity index is 1.19. The van der Waals surface area contributed by atoms with Crippen LogP contribution in [0.3, 0.4) is 0 Å². The predicted octanol–water partition coefficient (Wildman–Crippen LogP) is 14.0. The lowest BCUT2D eigenvalue weighted by Gasteiger charge is -2.22. The van der Waals surface area contributed by atoms with Gasteiger partial charge in [-0.3, -0.25) is 9.55 Å². The summed E-state index contributed by atoms with van der Waals surface area (Å²) in [5, 5.41) is 13.7. The summed E-state index contributed by atoms with van der Waals surface area (Å²) in [6, 6.07) is 54.1. The van der Waals surface area contributed by atoms with E-state index < -0.39 is 6.85 Å². The molecule has 0 spiro atoms. The number of imidazole rings is 1. The van der Waals surface area contributed by atoms with Gasteiger partial charge in [-0.1, -0.05) is 136 Å². The van der Waals surface area contributed by atoms with Crippen molar-refractivity contribution >= 4 is 33.0 Å². The fraction of sp³-hybridized carbons (Fsp3) is 0.0943. The Kier molecular flexibility index (Phi) is 7.56. The molecule has 1 N–H and O–H groups in total. The van der Waals surface area contributed by atoms with Crippen LogP contribution in [0.2, 0.25) is 0 Å². The van der Waals surface area contributed by atoms with Gasteiger partial charge >= 0.3 is 0 Å². The van der Waals surface area contributed by atoms with E-state index in [0.717, 1.165) is 83.3 Å². The lowest BCUT2D eigenvalue weighted by atomic mass is 9.83. The third-order valence-corrected chi connectivity index (χ3v) is 11.0. The summed E-state index contributed by atoms with van der Waals surface area (Å²) >= 11 is 0. The molecule has 0 atom stereocenters. The van der Waals surface area contributed by atoms with E-state index in [1.807, 2.05) is 78.9 Å². The fourth-order valence-electron chi connectivity index (χ4n) is 8.02. The number of pyridine rings is 1. The molecule has 0 radical (unpaired) electrons. The van der Waals surface area contributed by atoms with E-state index in [-0.39, 0.29) is 11.2 Å². The number of aromatic hydroxyl groups is 1. The second-order valence-electron chi connectivity index (χ2n) is 15.8. The number of hydrogen-bond acceptors (Lipinski definition) is 4. The first-order valence-electron chi connectivity index (χ1n) is 20.9. The second-order valence-corrected chi connectivity index (χ2v) is 15.8. The van der Waals surface area contributed by atoms with Crippen molar-refractivity contribution in [2.45, 2.75) is 33.0 Å². The average molecular weight is 755 g/mol. The Labute approximate surface area is 341 Å². The Morgan fingerprint density at radius 1 is 0.586 bits per heavy atom. The van der Waals surface area contributed by atoms with E-state index in [0.29, 0.717) is 22.5 Å². The van der Waals surface area contributed by atoms with Crippen molar-refractivity contribution in [3.8, 4) is 67.5 Å². The van der Waals surface area contributed by atoms with E-state index in [4.69, 9.17) is 18.5 Å². The Morgan fingerprint density at radius 2 is 1.34 bits per heavy atom. The number of para-hydroxylation sites is 3. The molecule has 280 valence electrons. The van der Waals surface area contributed by atoms with Gasteiger partial charge in [0.25, 0.3) is 0 Å². The van der Waals surface area contributed by atoms with Crippen molar-refractivity contribution in [2.75, 3.05) is 0 Å². The van der Waals surface area contributed by atoms with E-state index in [1.54, 1.807) is 24.4 Å². The molecule has 5 nitrogen and oxygen atoms in total. The first-order chi connectivity index (χ1) is 29.4. The average Bonchev–Trinajstić information content (AvgIpc) is 3.84. The number of hydrogen-bond donors (Lipinski definition) is 1. The molecule has 0 bridgehead atoms. The largest absolute Gasteiger partial charge is 0.507 e. The van der Waals surface area contributed by atoms with Crippen molar-refractivity contribution in [1.82, 2.24) is 14.5 Å². The van der Waals surface area contributed by atoms with E-state index >= 15 is 0 Å². The second kappa shape index (κ2) is 13.7. The Morgan fingerprint density at radius 3 is 2.17 bits per heavy atom. The molecule has 0 aliphatic rings. The van der Waals surface area contributed by atoms with Crippen molar-refractivity contribution in [2.24, 2.45) is 0 Å². The number of rotatable bonds is 6. The summed E-state index contributed by atoms with van der Waals surface area (Å²) in [6.07, 6.45) is 1.80. The first-order valence-corrected chi connectivity index (χ1v) is 19.4. The lowest BCUT2D eigenvalue weighted by Crippen LogP contribution is -2.11. The summed E-state index contributed by atoms with van der Waals surface area (Å²) in [5.41, 5.74) is 13.4. The van der Waals surface area contributed by atoms with Gasteiger partial charge in [-0.25, -0.2) is 4.98 Å². The topological polar surface area (TPSA) is 64.1 Å². The highest BCUT2D eigenvalue weighted by atomic mass is 16.3. The zero-order chi connectivity index (χ0) is 42.0. The molecule has 10 aromatic rings. The highest BCUT2D eigenvalue weighted by molar-refractivity contribution is 6.07. The molecule has 0 amide bonds. The van der Waals surface area contributed by atoms with Crippen molar-refractivity contribution in [3.05, 3.63) is 181 Å². The molecule has 0 saturated heterocycles. The van der Waals surface area contributed by atoms with Gasteiger partial charge in [-0.05, 0) is 94.7 Å². The van der Waals surface area contributed by atoms with E-state index in [2.05, 4.69) is 92.1 Å². The van der Waals surface area contributed by atoms with Crippen LogP contribution in [-0.2, 0) is 5.41 Å². The van der Waals surface area contributed by atoms with Crippen molar-refractivity contribution in [1.29, 1.82) is 0 Å². The molecule has 5 heteroatoms. The smallest absolute Gasteiger partial charge is 0.149 e. The van der Waals surface area contributed by atoms with Gasteiger partial charge in [0.1, 0.15) is 22.7 Å². The van der Waals surface area contributed by atoms with Crippen LogP contribution in [0.1, 0.15) is 36.0 Å². The van der Waals surface area contributed by atoms with Gasteiger partial charge in [-0.15, -0.1) is 0 Å². The number of benzene rings is 7. The number of aromatic nitrogens is 3. The van der Waals surface area contributed by atoms with Gasteiger partial charge in [0.2, 0.25) is 0 Å². The van der Waals surface area contributed by atoms with Crippen LogP contribution in [0.25, 0.3) is 94.7 Å². The summed E-state index contributed by atoms with van der Waals surface area (Å²) in [6.45, 7) is 4.45. The summed E-state index contributed by atoms with van der Waals surface area (Å²) < 4.78 is 31.9. The molecular formula is C53H41N3O2. The van der Waals surface area contributed by atoms with Crippen LogP contribution in [0.4, 0.5) is 0 Å². The predicted molar refractivity (Wildman–Crippen MR) is 238 cm³/mol. The number of aryl methyl sites for hydroxylation is 1. The van der Waals surface area contributed by atoms with Crippen molar-refractivity contribution < 1.29 is 13.6 Å². The van der Waals surface area contributed by atoms with Gasteiger partial charge in [-0.2, -0.15) is 0 Å². The first kappa shape index (κ1) is 31.9. The minimum absolute atomic E-state index is 0.102. The molecule has 3 aromatic heterocycles. The zero-order valence-corrected chi connectivity index (χ0v) is 32.4. The number of nitrogens with zero attached hydrogens (tertiary/aromatic N) is 3.